The van der Waals surface area contributed by atoms with Gasteiger partial charge in [-0.2, -0.15) is 4.31 Å². The third kappa shape index (κ3) is 3.56. The molecule has 1 unspecified atom stereocenters. The number of amides is 1. The van der Waals surface area contributed by atoms with E-state index in [1.54, 1.807) is 6.07 Å². The first kappa shape index (κ1) is 16.3. The molecule has 0 radical (unpaired) electrons. The third-order valence-electron chi connectivity index (χ3n) is 3.61. The fourth-order valence-corrected chi connectivity index (χ4v) is 4.17. The molecule has 1 heterocycles. The Labute approximate surface area is 130 Å². The summed E-state index contributed by atoms with van der Waals surface area (Å²) >= 11 is 6.17. The van der Waals surface area contributed by atoms with Crippen LogP contribution in [0, 0.1) is 13.8 Å². The van der Waals surface area contributed by atoms with Crippen LogP contribution in [-0.2, 0) is 14.8 Å². The molecule has 1 fully saturated rings. The van der Waals surface area contributed by atoms with Crippen LogP contribution in [0.2, 0.25) is 5.02 Å². The van der Waals surface area contributed by atoms with Gasteiger partial charge in [-0.05, 0) is 43.9 Å². The lowest BCUT2D eigenvalue weighted by Gasteiger charge is -2.22. The molecule has 1 aromatic rings. The van der Waals surface area contributed by atoms with Crippen LogP contribution in [0.15, 0.2) is 12.1 Å². The summed E-state index contributed by atoms with van der Waals surface area (Å²) in [5.74, 6) is -0.327. The summed E-state index contributed by atoms with van der Waals surface area (Å²) in [6, 6.07) is 3.04. The van der Waals surface area contributed by atoms with Gasteiger partial charge in [-0.3, -0.25) is 4.79 Å². The molecular weight excluding hydrogens is 312 g/mol. The van der Waals surface area contributed by atoms with Crippen molar-refractivity contribution in [1.29, 1.82) is 0 Å². The molecule has 0 spiro atoms. The van der Waals surface area contributed by atoms with E-state index in [9.17, 15) is 13.2 Å². The second-order valence-electron chi connectivity index (χ2n) is 5.46. The van der Waals surface area contributed by atoms with Crippen molar-refractivity contribution in [2.75, 3.05) is 18.1 Å². The number of nitrogens with zero attached hydrogens (tertiary/aromatic N) is 1. The molecule has 21 heavy (non-hydrogen) atoms. The first-order valence-electron chi connectivity index (χ1n) is 6.74. The van der Waals surface area contributed by atoms with E-state index in [2.05, 4.69) is 5.32 Å². The second-order valence-corrected chi connectivity index (χ2v) is 7.80. The van der Waals surface area contributed by atoms with E-state index in [1.807, 2.05) is 19.9 Å². The number of halogens is 1. The lowest BCUT2D eigenvalue weighted by molar-refractivity contribution is -0.119. The minimum atomic E-state index is -3.38. The van der Waals surface area contributed by atoms with E-state index in [4.69, 9.17) is 11.6 Å². The predicted octanol–water partition coefficient (Wildman–Crippen LogP) is 2.32. The number of aryl methyl sites for hydroxylation is 2. The van der Waals surface area contributed by atoms with Crippen molar-refractivity contribution < 1.29 is 13.2 Å². The van der Waals surface area contributed by atoms with Crippen molar-refractivity contribution in [2.24, 2.45) is 0 Å². The lowest BCUT2D eigenvalue weighted by atomic mass is 10.1. The summed E-state index contributed by atoms with van der Waals surface area (Å²) in [6.45, 7) is 4.17. The highest BCUT2D eigenvalue weighted by molar-refractivity contribution is 7.88. The summed E-state index contributed by atoms with van der Waals surface area (Å²) in [5.41, 5.74) is 2.42. The number of hydrogen-bond acceptors (Lipinski definition) is 3. The van der Waals surface area contributed by atoms with E-state index in [0.29, 0.717) is 30.1 Å². The molecule has 5 nitrogen and oxygen atoms in total. The van der Waals surface area contributed by atoms with Gasteiger partial charge in [0.05, 0.1) is 17.0 Å². The average Bonchev–Trinajstić information content (AvgIpc) is 2.82. The van der Waals surface area contributed by atoms with Crippen LogP contribution in [0.1, 0.15) is 24.0 Å². The largest absolute Gasteiger partial charge is 0.323 e. The maximum atomic E-state index is 12.4. The number of benzene rings is 1. The summed E-state index contributed by atoms with van der Waals surface area (Å²) < 4.78 is 24.6. The Bertz CT molecular complexity index is 650. The van der Waals surface area contributed by atoms with E-state index in [1.165, 1.54) is 4.31 Å². The molecule has 1 aliphatic rings. The molecule has 1 N–H and O–H groups in total. The molecular formula is C14H19ClN2O3S. The van der Waals surface area contributed by atoms with Gasteiger partial charge in [0.15, 0.2) is 0 Å². The Kier molecular flexibility index (Phi) is 4.60. The first-order chi connectivity index (χ1) is 9.70. The highest BCUT2D eigenvalue weighted by Crippen LogP contribution is 2.29. The van der Waals surface area contributed by atoms with E-state index in [0.717, 1.165) is 17.4 Å². The number of sulfonamides is 1. The van der Waals surface area contributed by atoms with Gasteiger partial charge in [0, 0.05) is 6.54 Å². The number of anilines is 1. The zero-order chi connectivity index (χ0) is 15.8. The lowest BCUT2D eigenvalue weighted by Crippen LogP contribution is -2.42. The van der Waals surface area contributed by atoms with Gasteiger partial charge in [0.1, 0.15) is 6.04 Å². The number of rotatable bonds is 3. The topological polar surface area (TPSA) is 66.5 Å². The van der Waals surface area contributed by atoms with E-state index < -0.39 is 16.1 Å². The van der Waals surface area contributed by atoms with E-state index in [-0.39, 0.29) is 5.91 Å². The monoisotopic (exact) mass is 330 g/mol. The van der Waals surface area contributed by atoms with Gasteiger partial charge in [0.2, 0.25) is 15.9 Å². The van der Waals surface area contributed by atoms with Crippen molar-refractivity contribution in [1.82, 2.24) is 4.31 Å². The normalized spacial score (nSPS) is 19.7. The maximum absolute atomic E-state index is 12.4. The quantitative estimate of drug-likeness (QED) is 0.925. The van der Waals surface area contributed by atoms with Crippen LogP contribution in [0.5, 0.6) is 0 Å². The Hall–Kier alpha value is -1.11. The Morgan fingerprint density at radius 2 is 2.05 bits per heavy atom. The second kappa shape index (κ2) is 5.94. The molecule has 1 aromatic carbocycles. The fraction of sp³-hybridized carbons (Fsp3) is 0.500. The van der Waals surface area contributed by atoms with Crippen molar-refractivity contribution in [3.63, 3.8) is 0 Å². The van der Waals surface area contributed by atoms with Crippen molar-refractivity contribution in [3.8, 4) is 0 Å². The minimum Gasteiger partial charge on any atom is -0.323 e. The predicted molar refractivity (Wildman–Crippen MR) is 84.1 cm³/mol. The summed E-state index contributed by atoms with van der Waals surface area (Å²) in [4.78, 5) is 12.4. The van der Waals surface area contributed by atoms with Crippen molar-refractivity contribution in [2.45, 2.75) is 32.7 Å². The molecule has 7 heteroatoms. The molecule has 1 amide bonds. The van der Waals surface area contributed by atoms with Crippen LogP contribution in [0.3, 0.4) is 0 Å². The van der Waals surface area contributed by atoms with Crippen molar-refractivity contribution in [3.05, 3.63) is 28.3 Å². The molecule has 0 aliphatic carbocycles. The number of nitrogens with one attached hydrogen (secondary N) is 1. The van der Waals surface area contributed by atoms with Crippen LogP contribution < -0.4 is 5.32 Å². The van der Waals surface area contributed by atoms with Gasteiger partial charge in [-0.15, -0.1) is 0 Å². The number of hydrogen-bond donors (Lipinski definition) is 1. The van der Waals surface area contributed by atoms with Crippen LogP contribution in [0.4, 0.5) is 5.69 Å². The smallest absolute Gasteiger partial charge is 0.242 e. The summed E-state index contributed by atoms with van der Waals surface area (Å²) in [5, 5.41) is 3.24. The van der Waals surface area contributed by atoms with Crippen LogP contribution in [-0.4, -0.2) is 37.5 Å². The molecule has 1 saturated heterocycles. The third-order valence-corrected chi connectivity index (χ3v) is 5.20. The highest BCUT2D eigenvalue weighted by Gasteiger charge is 2.36. The average molecular weight is 331 g/mol. The Morgan fingerprint density at radius 3 is 2.62 bits per heavy atom. The Balaban J connectivity index is 2.23. The molecule has 116 valence electrons. The molecule has 0 saturated carbocycles. The summed E-state index contributed by atoms with van der Waals surface area (Å²) in [7, 11) is -3.38. The van der Waals surface area contributed by atoms with Gasteiger partial charge in [0.25, 0.3) is 0 Å². The zero-order valence-electron chi connectivity index (χ0n) is 12.3. The van der Waals surface area contributed by atoms with E-state index >= 15 is 0 Å². The first-order valence-corrected chi connectivity index (χ1v) is 8.97. The fourth-order valence-electron chi connectivity index (χ4n) is 2.68. The molecule has 1 atom stereocenters. The summed E-state index contributed by atoms with van der Waals surface area (Å²) in [6.07, 6.45) is 2.34. The molecule has 0 aromatic heterocycles. The molecule has 1 aliphatic heterocycles. The number of carbonyl (C=O) groups is 1. The van der Waals surface area contributed by atoms with Gasteiger partial charge in [-0.25, -0.2) is 8.42 Å². The highest BCUT2D eigenvalue weighted by atomic mass is 35.5. The van der Waals surface area contributed by atoms with Gasteiger partial charge in [-0.1, -0.05) is 17.7 Å². The maximum Gasteiger partial charge on any atom is 0.242 e. The zero-order valence-corrected chi connectivity index (χ0v) is 13.9. The van der Waals surface area contributed by atoms with Crippen LogP contribution in [0.25, 0.3) is 0 Å². The minimum absolute atomic E-state index is 0.327. The number of carbonyl (C=O) groups excluding carboxylic acids is 1. The standard InChI is InChI=1S/C14H19ClN2O3S/c1-9-7-10(2)13(11(15)8-9)16-14(18)12-5-4-6-17(12)21(3,19)20/h7-8,12H,4-6H2,1-3H3,(H,16,18). The SMILES string of the molecule is Cc1cc(C)c(NC(=O)C2CCCN2S(C)(=O)=O)c(Cl)c1. The molecule has 2 rings (SSSR count). The van der Waals surface area contributed by atoms with Gasteiger partial charge >= 0.3 is 0 Å². The van der Waals surface area contributed by atoms with Crippen molar-refractivity contribution >= 4 is 33.2 Å². The van der Waals surface area contributed by atoms with Crippen LogP contribution >= 0.6 is 11.6 Å². The Morgan fingerprint density at radius 1 is 1.38 bits per heavy atom. The van der Waals surface area contributed by atoms with Gasteiger partial charge < -0.3 is 5.32 Å². The molecule has 0 bridgehead atoms.